The average molecular weight is 266 g/mol. The van der Waals surface area contributed by atoms with Crippen LogP contribution in [0.2, 0.25) is 0 Å². The zero-order chi connectivity index (χ0) is 13.8. The van der Waals surface area contributed by atoms with Gasteiger partial charge in [-0.15, -0.1) is 0 Å². The van der Waals surface area contributed by atoms with Crippen molar-refractivity contribution in [2.75, 3.05) is 0 Å². The van der Waals surface area contributed by atoms with Gasteiger partial charge in [0.1, 0.15) is 0 Å². The maximum absolute atomic E-state index is 14.4. The first kappa shape index (κ1) is 12.8. The Labute approximate surface area is 110 Å². The molecule has 0 fully saturated rings. The van der Waals surface area contributed by atoms with Gasteiger partial charge in [-0.25, -0.2) is 8.78 Å². The largest absolute Gasteiger partial charge is 0.364 e. The number of halogens is 2. The predicted molar refractivity (Wildman–Crippen MR) is 66.9 cm³/mol. The van der Waals surface area contributed by atoms with E-state index in [0.717, 1.165) is 6.42 Å². The number of aliphatic hydroxyl groups is 2. The molecule has 0 saturated carbocycles. The summed E-state index contributed by atoms with van der Waals surface area (Å²) in [4.78, 5) is 0. The molecule has 2 unspecified atom stereocenters. The highest BCUT2D eigenvalue weighted by Crippen LogP contribution is 2.56. The van der Waals surface area contributed by atoms with Gasteiger partial charge in [0.25, 0.3) is 5.92 Å². The van der Waals surface area contributed by atoms with Crippen molar-refractivity contribution in [3.63, 3.8) is 0 Å². The molecule has 2 nitrogen and oxygen atoms in total. The first-order chi connectivity index (χ1) is 8.93. The smallest absolute Gasteiger partial charge is 0.280 e. The molecule has 4 heteroatoms. The van der Waals surface area contributed by atoms with E-state index in [1.54, 1.807) is 19.1 Å². The van der Waals surface area contributed by atoms with E-state index in [-0.39, 0.29) is 11.5 Å². The van der Waals surface area contributed by atoms with E-state index in [1.165, 1.54) is 6.07 Å². The minimum absolute atomic E-state index is 0.0518. The molecule has 1 aromatic rings. The highest BCUT2D eigenvalue weighted by atomic mass is 19.3. The minimum Gasteiger partial charge on any atom is -0.364 e. The fraction of sp³-hybridized carbons (Fsp3) is 0.467. The fourth-order valence-corrected chi connectivity index (χ4v) is 3.35. The topological polar surface area (TPSA) is 40.5 Å². The van der Waals surface area contributed by atoms with Crippen LogP contribution in [0.25, 0.3) is 0 Å². The second kappa shape index (κ2) is 4.12. The lowest BCUT2D eigenvalue weighted by Gasteiger charge is -2.24. The second-order valence-electron chi connectivity index (χ2n) is 5.43. The minimum atomic E-state index is -2.86. The van der Waals surface area contributed by atoms with Crippen LogP contribution in [-0.2, 0) is 5.92 Å². The molecule has 0 heterocycles. The Morgan fingerprint density at radius 1 is 1.32 bits per heavy atom. The van der Waals surface area contributed by atoms with Crippen LogP contribution in [-0.4, -0.2) is 10.2 Å². The van der Waals surface area contributed by atoms with Crippen LogP contribution in [0, 0.1) is 12.8 Å². The van der Waals surface area contributed by atoms with Gasteiger partial charge in [0.2, 0.25) is 0 Å². The van der Waals surface area contributed by atoms with Gasteiger partial charge in [-0.2, -0.15) is 0 Å². The molecule has 0 radical (unpaired) electrons. The first-order valence-corrected chi connectivity index (χ1v) is 6.48. The maximum atomic E-state index is 14.4. The van der Waals surface area contributed by atoms with Gasteiger partial charge in [0.05, 0.1) is 5.92 Å². The van der Waals surface area contributed by atoms with Gasteiger partial charge in [0.15, 0.2) is 6.29 Å². The number of fused-ring (bicyclic) bond motifs is 3. The lowest BCUT2D eigenvalue weighted by Crippen LogP contribution is -2.22. The summed E-state index contributed by atoms with van der Waals surface area (Å²) >= 11 is 0. The number of hydrogen-bond acceptors (Lipinski definition) is 2. The zero-order valence-corrected chi connectivity index (χ0v) is 10.6. The molecule has 0 spiro atoms. The number of allylic oxidation sites excluding steroid dienone is 2. The molecule has 2 aliphatic carbocycles. The average Bonchev–Trinajstić information content (AvgIpc) is 2.58. The summed E-state index contributed by atoms with van der Waals surface area (Å²) < 4.78 is 28.8. The van der Waals surface area contributed by atoms with Crippen LogP contribution >= 0.6 is 0 Å². The van der Waals surface area contributed by atoms with Crippen LogP contribution in [0.15, 0.2) is 24.3 Å². The lowest BCUT2D eigenvalue weighted by molar-refractivity contribution is -0.0449. The van der Waals surface area contributed by atoms with Crippen molar-refractivity contribution in [2.24, 2.45) is 5.92 Å². The molecule has 19 heavy (non-hydrogen) atoms. The highest BCUT2D eigenvalue weighted by Gasteiger charge is 2.53. The van der Waals surface area contributed by atoms with Gasteiger partial charge < -0.3 is 10.2 Å². The summed E-state index contributed by atoms with van der Waals surface area (Å²) in [6.45, 7) is 1.63. The number of aliphatic hydroxyl groups excluding tert-OH is 1. The van der Waals surface area contributed by atoms with E-state index in [0.29, 0.717) is 23.1 Å². The summed E-state index contributed by atoms with van der Waals surface area (Å²) in [7, 11) is 0. The third kappa shape index (κ3) is 1.74. The molecule has 2 N–H and O–H groups in total. The Kier molecular flexibility index (Phi) is 2.76. The molecule has 0 saturated heterocycles. The zero-order valence-electron chi connectivity index (χ0n) is 10.6. The second-order valence-corrected chi connectivity index (χ2v) is 5.43. The Hall–Kier alpha value is -1.26. The Morgan fingerprint density at radius 2 is 2.05 bits per heavy atom. The van der Waals surface area contributed by atoms with Crippen molar-refractivity contribution in [3.05, 3.63) is 46.5 Å². The van der Waals surface area contributed by atoms with E-state index in [4.69, 9.17) is 0 Å². The molecule has 1 aromatic carbocycles. The fourth-order valence-electron chi connectivity index (χ4n) is 3.35. The lowest BCUT2D eigenvalue weighted by atomic mass is 9.83. The maximum Gasteiger partial charge on any atom is 0.280 e. The first-order valence-electron chi connectivity index (χ1n) is 6.48. The summed E-state index contributed by atoms with van der Waals surface area (Å²) in [6, 6.07) is 2.96. The predicted octanol–water partition coefficient (Wildman–Crippen LogP) is 3.13. The normalized spacial score (nSPS) is 27.5. The summed E-state index contributed by atoms with van der Waals surface area (Å²) in [6.07, 6.45) is 3.29. The third-order valence-corrected chi connectivity index (χ3v) is 4.31. The van der Waals surface area contributed by atoms with Crippen molar-refractivity contribution in [1.29, 1.82) is 0 Å². The number of alkyl halides is 2. The van der Waals surface area contributed by atoms with Crippen LogP contribution in [0.1, 0.15) is 47.3 Å². The summed E-state index contributed by atoms with van der Waals surface area (Å²) in [5.41, 5.74) is 1.45. The molecule has 0 aliphatic heterocycles. The molecular formula is C15H16F2O2. The molecular weight excluding hydrogens is 250 g/mol. The van der Waals surface area contributed by atoms with Crippen molar-refractivity contribution in [2.45, 2.75) is 37.9 Å². The number of aryl methyl sites for hydroxylation is 1. The van der Waals surface area contributed by atoms with Gasteiger partial charge in [-0.05, 0) is 48.9 Å². The van der Waals surface area contributed by atoms with Crippen LogP contribution in [0.5, 0.6) is 0 Å². The molecule has 102 valence electrons. The van der Waals surface area contributed by atoms with E-state index >= 15 is 0 Å². The highest BCUT2D eigenvalue weighted by molar-refractivity contribution is 5.48. The Morgan fingerprint density at radius 3 is 2.74 bits per heavy atom. The Balaban J connectivity index is 2.19. The standard InChI is InChI=1S/C15H16F2O2/c1-8-6-13-11(7-10(8)14(18)19)9-4-2-3-5-12(9)15(13,16)17/h3,5-7,9,12,14,18-19H,2,4H2,1H3. The SMILES string of the molecule is Cc1cc2c(cc1C(O)O)C1CCC=CC1C2(F)F. The molecule has 3 rings (SSSR count). The van der Waals surface area contributed by atoms with Crippen molar-refractivity contribution in [1.82, 2.24) is 0 Å². The van der Waals surface area contributed by atoms with Gasteiger partial charge in [-0.1, -0.05) is 12.2 Å². The van der Waals surface area contributed by atoms with Gasteiger partial charge in [0, 0.05) is 11.1 Å². The van der Waals surface area contributed by atoms with E-state index in [9.17, 15) is 19.0 Å². The summed E-state index contributed by atoms with van der Waals surface area (Å²) in [5, 5.41) is 18.6. The third-order valence-electron chi connectivity index (χ3n) is 4.31. The molecule has 2 atom stereocenters. The van der Waals surface area contributed by atoms with Crippen LogP contribution in [0.4, 0.5) is 8.78 Å². The van der Waals surface area contributed by atoms with Crippen molar-refractivity contribution >= 4 is 0 Å². The molecule has 0 aromatic heterocycles. The van der Waals surface area contributed by atoms with Crippen LogP contribution < -0.4 is 0 Å². The molecule has 2 aliphatic rings. The number of benzene rings is 1. The molecule has 0 bridgehead atoms. The van der Waals surface area contributed by atoms with E-state index in [2.05, 4.69) is 0 Å². The van der Waals surface area contributed by atoms with E-state index < -0.39 is 18.1 Å². The van der Waals surface area contributed by atoms with Gasteiger partial charge >= 0.3 is 0 Å². The van der Waals surface area contributed by atoms with Crippen molar-refractivity contribution < 1.29 is 19.0 Å². The van der Waals surface area contributed by atoms with Gasteiger partial charge in [-0.3, -0.25) is 0 Å². The number of rotatable bonds is 1. The monoisotopic (exact) mass is 266 g/mol. The summed E-state index contributed by atoms with van der Waals surface area (Å²) in [5.74, 6) is -3.87. The van der Waals surface area contributed by atoms with Crippen LogP contribution in [0.3, 0.4) is 0 Å². The van der Waals surface area contributed by atoms with E-state index in [1.807, 2.05) is 6.08 Å². The quantitative estimate of drug-likeness (QED) is 0.605. The Bertz CT molecular complexity index is 549. The van der Waals surface area contributed by atoms with Crippen molar-refractivity contribution in [3.8, 4) is 0 Å². The molecule has 0 amide bonds. The number of hydrogen-bond donors (Lipinski definition) is 2.